The van der Waals surface area contributed by atoms with Gasteiger partial charge in [-0.25, -0.2) is 4.79 Å². The molecule has 2 saturated heterocycles. The lowest BCUT2D eigenvalue weighted by atomic mass is 9.84. The topological polar surface area (TPSA) is 75.9 Å². The van der Waals surface area contributed by atoms with Gasteiger partial charge < -0.3 is 15.4 Å². The molecule has 0 aromatic heterocycles. The third-order valence-corrected chi connectivity index (χ3v) is 6.44. The Kier molecular flexibility index (Phi) is 6.88. The van der Waals surface area contributed by atoms with Gasteiger partial charge in [0.1, 0.15) is 0 Å². The molecule has 0 radical (unpaired) electrons. The van der Waals surface area contributed by atoms with Crippen molar-refractivity contribution >= 4 is 12.0 Å². The number of aryl methyl sites for hydroxylation is 1. The number of ether oxygens (including phenoxy) is 1. The van der Waals surface area contributed by atoms with Crippen molar-refractivity contribution in [2.24, 2.45) is 5.73 Å². The Balaban J connectivity index is 1.64. The second-order valence-corrected chi connectivity index (χ2v) is 8.60. The third-order valence-electron chi connectivity index (χ3n) is 6.44. The number of halogens is 6. The quantitative estimate of drug-likeness (QED) is 0.656. The molecule has 1 aromatic rings. The summed E-state index contributed by atoms with van der Waals surface area (Å²) < 4.78 is 80.0. The summed E-state index contributed by atoms with van der Waals surface area (Å²) in [4.78, 5) is 26.6. The second kappa shape index (κ2) is 9.03. The van der Waals surface area contributed by atoms with Gasteiger partial charge in [-0.15, -0.1) is 0 Å². The molecule has 2 fully saturated rings. The molecule has 0 atom stereocenters. The highest BCUT2D eigenvalue weighted by molar-refractivity contribution is 5.94. The maximum absolute atomic E-state index is 12.7. The van der Waals surface area contributed by atoms with Crippen LogP contribution < -0.4 is 5.73 Å². The first kappa shape index (κ1) is 25.1. The van der Waals surface area contributed by atoms with Crippen molar-refractivity contribution in [2.75, 3.05) is 19.6 Å². The molecular weight excluding hydrogens is 456 g/mol. The molecule has 2 heterocycles. The summed E-state index contributed by atoms with van der Waals surface area (Å²) in [7, 11) is 0. The summed E-state index contributed by atoms with van der Waals surface area (Å²) in [5.74, 6) is -0.519. The summed E-state index contributed by atoms with van der Waals surface area (Å²) in [5.41, 5.74) is 7.16. The van der Waals surface area contributed by atoms with Gasteiger partial charge in [0.25, 0.3) is 6.10 Å². The Hall–Kier alpha value is -2.50. The molecule has 2 aliphatic heterocycles. The number of nitrogens with zero attached hydrogens (tertiary/aromatic N) is 2. The number of benzene rings is 1. The molecule has 0 unspecified atom stereocenters. The van der Waals surface area contributed by atoms with Crippen molar-refractivity contribution in [1.29, 1.82) is 0 Å². The van der Waals surface area contributed by atoms with Gasteiger partial charge in [0.2, 0.25) is 5.91 Å². The Morgan fingerprint density at radius 2 is 1.67 bits per heavy atom. The zero-order valence-electron chi connectivity index (χ0n) is 17.9. The number of likely N-dealkylation sites (tertiary alicyclic amines) is 2. The zero-order valence-corrected chi connectivity index (χ0v) is 17.9. The number of carbonyl (C=O) groups excluding carboxylic acids is 2. The van der Waals surface area contributed by atoms with Crippen molar-refractivity contribution in [3.05, 3.63) is 34.9 Å². The maximum Gasteiger partial charge on any atom is 0.434 e. The average molecular weight is 481 g/mol. The normalized spacial score (nSPS) is 19.3. The van der Waals surface area contributed by atoms with Crippen molar-refractivity contribution in [1.82, 2.24) is 9.80 Å². The second-order valence-electron chi connectivity index (χ2n) is 8.60. The zero-order chi connectivity index (χ0) is 24.6. The molecule has 1 aromatic carbocycles. The standard InChI is InChI=1S/C21H25F6N3O3/c1-13-11-14(3-4-15(13)16(28)31)12-30-8-2-5-19(30)6-9-29(10-7-19)18(32)33-17(20(22,23)24)21(25,26)27/h3-4,11,17H,2,5-10,12H2,1H3,(H2,28,31). The van der Waals surface area contributed by atoms with Gasteiger partial charge in [0, 0.05) is 30.7 Å². The van der Waals surface area contributed by atoms with Gasteiger partial charge in [0.15, 0.2) is 0 Å². The minimum Gasteiger partial charge on any atom is -0.426 e. The van der Waals surface area contributed by atoms with Crippen LogP contribution in [0, 0.1) is 6.92 Å². The molecule has 0 saturated carbocycles. The summed E-state index contributed by atoms with van der Waals surface area (Å²) in [6, 6.07) is 5.33. The summed E-state index contributed by atoms with van der Waals surface area (Å²) in [6.07, 6.45) is -14.7. The first-order valence-electron chi connectivity index (χ1n) is 10.5. The number of nitrogens with two attached hydrogens (primary N) is 1. The molecule has 2 N–H and O–H groups in total. The highest BCUT2D eigenvalue weighted by atomic mass is 19.4. The fourth-order valence-corrected chi connectivity index (χ4v) is 4.73. The fourth-order valence-electron chi connectivity index (χ4n) is 4.73. The number of hydrogen-bond acceptors (Lipinski definition) is 4. The van der Waals surface area contributed by atoms with Crippen molar-refractivity contribution < 1.29 is 40.7 Å². The van der Waals surface area contributed by atoms with E-state index in [0.717, 1.165) is 35.4 Å². The van der Waals surface area contributed by atoms with E-state index in [1.54, 1.807) is 19.1 Å². The predicted molar refractivity (Wildman–Crippen MR) is 105 cm³/mol. The van der Waals surface area contributed by atoms with Crippen LogP contribution in [0.1, 0.15) is 47.2 Å². The van der Waals surface area contributed by atoms with Crippen LogP contribution in [-0.4, -0.2) is 65.4 Å². The van der Waals surface area contributed by atoms with Gasteiger partial charge >= 0.3 is 18.4 Å². The van der Waals surface area contributed by atoms with Gasteiger partial charge in [0.05, 0.1) is 0 Å². The van der Waals surface area contributed by atoms with Gasteiger partial charge in [-0.3, -0.25) is 9.69 Å². The van der Waals surface area contributed by atoms with Gasteiger partial charge in [-0.1, -0.05) is 12.1 Å². The Morgan fingerprint density at radius 3 is 2.18 bits per heavy atom. The van der Waals surface area contributed by atoms with Crippen LogP contribution in [0.4, 0.5) is 31.1 Å². The molecule has 12 heteroatoms. The number of rotatable bonds is 4. The van der Waals surface area contributed by atoms with Crippen LogP contribution in [0.2, 0.25) is 0 Å². The fraction of sp³-hybridized carbons (Fsp3) is 0.619. The molecule has 6 nitrogen and oxygen atoms in total. The lowest BCUT2D eigenvalue weighted by Crippen LogP contribution is -2.54. The monoisotopic (exact) mass is 481 g/mol. The largest absolute Gasteiger partial charge is 0.434 e. The van der Waals surface area contributed by atoms with Crippen molar-refractivity contribution in [3.8, 4) is 0 Å². The highest BCUT2D eigenvalue weighted by Gasteiger charge is 2.60. The predicted octanol–water partition coefficient (Wildman–Crippen LogP) is 4.15. The van der Waals surface area contributed by atoms with E-state index in [9.17, 15) is 35.9 Å². The molecule has 1 spiro atoms. The number of amides is 2. The number of hydrogen-bond donors (Lipinski definition) is 1. The molecule has 0 aliphatic carbocycles. The van der Waals surface area contributed by atoms with Crippen LogP contribution in [0.25, 0.3) is 0 Å². The summed E-state index contributed by atoms with van der Waals surface area (Å²) in [6.45, 7) is 3.11. The molecule has 3 rings (SSSR count). The number of primary amides is 1. The van der Waals surface area contributed by atoms with E-state index in [0.29, 0.717) is 24.9 Å². The third kappa shape index (κ3) is 5.53. The Labute approximate surface area is 186 Å². The van der Waals surface area contributed by atoms with E-state index in [4.69, 9.17) is 5.73 Å². The minimum absolute atomic E-state index is 0.00257. The first-order valence-corrected chi connectivity index (χ1v) is 10.5. The average Bonchev–Trinajstić information content (AvgIpc) is 3.06. The molecule has 2 aliphatic rings. The smallest absolute Gasteiger partial charge is 0.426 e. The maximum atomic E-state index is 12.7. The van der Waals surface area contributed by atoms with E-state index in [1.807, 2.05) is 6.07 Å². The SMILES string of the molecule is Cc1cc(CN2CCCC23CCN(C(=O)OC(C(F)(F)F)C(F)(F)F)CC3)ccc1C(N)=O. The van der Waals surface area contributed by atoms with Crippen molar-refractivity contribution in [3.63, 3.8) is 0 Å². The van der Waals surface area contributed by atoms with Gasteiger partial charge in [-0.2, -0.15) is 26.3 Å². The number of piperidine rings is 1. The summed E-state index contributed by atoms with van der Waals surface area (Å²) in [5, 5.41) is 0. The van der Waals surface area contributed by atoms with E-state index in [2.05, 4.69) is 9.64 Å². The van der Waals surface area contributed by atoms with Crippen LogP contribution in [0.3, 0.4) is 0 Å². The highest BCUT2D eigenvalue weighted by Crippen LogP contribution is 2.40. The van der Waals surface area contributed by atoms with Crippen LogP contribution in [-0.2, 0) is 11.3 Å². The van der Waals surface area contributed by atoms with Crippen LogP contribution in [0.5, 0.6) is 0 Å². The van der Waals surface area contributed by atoms with Crippen LogP contribution in [0.15, 0.2) is 18.2 Å². The Morgan fingerprint density at radius 1 is 1.06 bits per heavy atom. The van der Waals surface area contributed by atoms with Gasteiger partial charge in [-0.05, 0) is 56.3 Å². The van der Waals surface area contributed by atoms with E-state index in [-0.39, 0.29) is 18.6 Å². The lowest BCUT2D eigenvalue weighted by molar-refractivity contribution is -0.308. The number of carbonyl (C=O) groups is 2. The minimum atomic E-state index is -5.74. The Bertz CT molecular complexity index is 880. The van der Waals surface area contributed by atoms with E-state index in [1.165, 1.54) is 0 Å². The number of alkyl halides is 6. The molecule has 2 amide bonds. The summed E-state index contributed by atoms with van der Waals surface area (Å²) >= 11 is 0. The first-order chi connectivity index (χ1) is 15.2. The molecule has 33 heavy (non-hydrogen) atoms. The van der Waals surface area contributed by atoms with Crippen molar-refractivity contribution in [2.45, 2.75) is 63.1 Å². The molecule has 0 bridgehead atoms. The molecule has 184 valence electrons. The van der Waals surface area contributed by atoms with E-state index >= 15 is 0 Å². The lowest BCUT2D eigenvalue weighted by Gasteiger charge is -2.45. The molecular formula is C21H25F6N3O3. The van der Waals surface area contributed by atoms with E-state index < -0.39 is 30.5 Å². The van der Waals surface area contributed by atoms with Crippen LogP contribution >= 0.6 is 0 Å².